The molecular formula is C33H31ClN2O6S. The monoisotopic (exact) mass is 618 g/mol. The van der Waals surface area contributed by atoms with Crippen LogP contribution in [0.25, 0.3) is 6.08 Å². The molecule has 1 aromatic heterocycles. The number of hydrogen-bond donors (Lipinski definition) is 0. The maximum Gasteiger partial charge on any atom is 0.338 e. The number of hydrogen-bond acceptors (Lipinski definition) is 8. The SMILES string of the molecule is CCOC(=O)C1=C(C)N=c2sc(=Cc3ccc(OCc4ccccc4Cl)c(OCC)c3)c(=O)n2C1c1ccc(OC)cc1. The summed E-state index contributed by atoms with van der Waals surface area (Å²) in [5, 5.41) is 0.627. The molecule has 0 fully saturated rings. The Balaban J connectivity index is 1.56. The molecule has 2 heterocycles. The van der Waals surface area contributed by atoms with Gasteiger partial charge in [-0.1, -0.05) is 59.3 Å². The van der Waals surface area contributed by atoms with Gasteiger partial charge >= 0.3 is 5.97 Å². The van der Waals surface area contributed by atoms with Gasteiger partial charge < -0.3 is 18.9 Å². The van der Waals surface area contributed by atoms with Crippen molar-refractivity contribution in [1.82, 2.24) is 4.57 Å². The van der Waals surface area contributed by atoms with E-state index in [1.165, 1.54) is 11.3 Å². The summed E-state index contributed by atoms with van der Waals surface area (Å²) < 4.78 is 24.6. The second kappa shape index (κ2) is 13.3. The number of aromatic nitrogens is 1. The second-order valence-electron chi connectivity index (χ2n) is 9.59. The molecule has 1 atom stereocenters. The van der Waals surface area contributed by atoms with Crippen LogP contribution in [0.1, 0.15) is 43.5 Å². The van der Waals surface area contributed by atoms with E-state index >= 15 is 0 Å². The number of esters is 1. The molecule has 8 nitrogen and oxygen atoms in total. The predicted molar refractivity (Wildman–Crippen MR) is 167 cm³/mol. The van der Waals surface area contributed by atoms with Crippen LogP contribution in [0, 0.1) is 0 Å². The largest absolute Gasteiger partial charge is 0.497 e. The van der Waals surface area contributed by atoms with Crippen molar-refractivity contribution in [3.05, 3.63) is 119 Å². The van der Waals surface area contributed by atoms with Crippen molar-refractivity contribution in [2.24, 2.45) is 4.99 Å². The molecule has 0 N–H and O–H groups in total. The highest BCUT2D eigenvalue weighted by atomic mass is 35.5. The first kappa shape index (κ1) is 30.1. The quantitative estimate of drug-likeness (QED) is 0.220. The topological polar surface area (TPSA) is 88.4 Å². The number of thiazole rings is 1. The molecule has 43 heavy (non-hydrogen) atoms. The maximum atomic E-state index is 13.9. The molecular weight excluding hydrogens is 588 g/mol. The Bertz CT molecular complexity index is 1860. The van der Waals surface area contributed by atoms with E-state index in [1.807, 2.05) is 61.5 Å². The van der Waals surface area contributed by atoms with Crippen LogP contribution >= 0.6 is 22.9 Å². The highest BCUT2D eigenvalue weighted by Crippen LogP contribution is 2.32. The zero-order chi connectivity index (χ0) is 30.5. The van der Waals surface area contributed by atoms with E-state index in [0.29, 0.717) is 49.5 Å². The molecule has 222 valence electrons. The van der Waals surface area contributed by atoms with Crippen LogP contribution in [0.5, 0.6) is 17.2 Å². The lowest BCUT2D eigenvalue weighted by molar-refractivity contribution is -0.139. The third-order valence-electron chi connectivity index (χ3n) is 6.85. The summed E-state index contributed by atoms with van der Waals surface area (Å²) in [5.41, 5.74) is 2.91. The van der Waals surface area contributed by atoms with Crippen molar-refractivity contribution >= 4 is 35.0 Å². The lowest BCUT2D eigenvalue weighted by Crippen LogP contribution is -2.39. The summed E-state index contributed by atoms with van der Waals surface area (Å²) >= 11 is 7.55. The molecule has 0 spiro atoms. The van der Waals surface area contributed by atoms with E-state index < -0.39 is 12.0 Å². The van der Waals surface area contributed by atoms with E-state index in [4.69, 9.17) is 30.5 Å². The minimum absolute atomic E-state index is 0.204. The first-order valence-corrected chi connectivity index (χ1v) is 15.0. The number of methoxy groups -OCH3 is 1. The average Bonchev–Trinajstić information content (AvgIpc) is 3.30. The van der Waals surface area contributed by atoms with Gasteiger partial charge in [-0.2, -0.15) is 0 Å². The van der Waals surface area contributed by atoms with Crippen LogP contribution in [0.15, 0.2) is 87.8 Å². The second-order valence-corrected chi connectivity index (χ2v) is 11.0. The van der Waals surface area contributed by atoms with Gasteiger partial charge in [-0.15, -0.1) is 0 Å². The standard InChI is InChI=1S/C33H31ClN2O6S/c1-5-40-27-17-21(11-16-26(27)42-19-23-9-7-8-10-25(23)34)18-28-31(37)36-30(22-12-14-24(39-4)15-13-22)29(32(38)41-6-2)20(3)35-33(36)43-28/h7-18,30H,5-6,19H2,1-4H3. The third kappa shape index (κ3) is 6.38. The smallest absolute Gasteiger partial charge is 0.338 e. The number of ether oxygens (including phenoxy) is 4. The van der Waals surface area contributed by atoms with Gasteiger partial charge in [-0.25, -0.2) is 9.79 Å². The van der Waals surface area contributed by atoms with Crippen LogP contribution in [-0.2, 0) is 16.1 Å². The summed E-state index contributed by atoms with van der Waals surface area (Å²) in [5.74, 6) is 1.27. The van der Waals surface area contributed by atoms with Crippen molar-refractivity contribution < 1.29 is 23.7 Å². The molecule has 5 rings (SSSR count). The minimum atomic E-state index is -0.706. The molecule has 0 saturated carbocycles. The molecule has 1 aliphatic heterocycles. The molecule has 0 radical (unpaired) electrons. The lowest BCUT2D eigenvalue weighted by atomic mass is 9.96. The molecule has 3 aromatic carbocycles. The average molecular weight is 619 g/mol. The van der Waals surface area contributed by atoms with Crippen molar-refractivity contribution in [2.45, 2.75) is 33.4 Å². The van der Waals surface area contributed by atoms with Crippen molar-refractivity contribution in [1.29, 1.82) is 0 Å². The number of nitrogens with zero attached hydrogens (tertiary/aromatic N) is 2. The number of rotatable bonds is 10. The Morgan fingerprint density at radius 1 is 1.02 bits per heavy atom. The molecule has 1 unspecified atom stereocenters. The minimum Gasteiger partial charge on any atom is -0.497 e. The molecule has 0 bridgehead atoms. The summed E-state index contributed by atoms with van der Waals surface area (Å²) in [4.78, 5) is 32.2. The van der Waals surface area contributed by atoms with Crippen LogP contribution in [0.2, 0.25) is 5.02 Å². The Hall–Kier alpha value is -4.34. The van der Waals surface area contributed by atoms with E-state index in [9.17, 15) is 9.59 Å². The fourth-order valence-electron chi connectivity index (χ4n) is 4.82. The number of fused-ring (bicyclic) bond motifs is 1. The molecule has 0 saturated heterocycles. The zero-order valence-electron chi connectivity index (χ0n) is 24.3. The van der Waals surface area contributed by atoms with Crippen molar-refractivity contribution in [2.75, 3.05) is 20.3 Å². The van der Waals surface area contributed by atoms with Gasteiger partial charge in [0.15, 0.2) is 16.3 Å². The first-order valence-electron chi connectivity index (χ1n) is 13.8. The van der Waals surface area contributed by atoms with E-state index in [1.54, 1.807) is 43.7 Å². The Morgan fingerprint density at radius 2 is 1.79 bits per heavy atom. The van der Waals surface area contributed by atoms with E-state index in [2.05, 4.69) is 4.99 Å². The normalized spacial score (nSPS) is 14.6. The number of allylic oxidation sites excluding steroid dienone is 1. The summed E-state index contributed by atoms with van der Waals surface area (Å²) in [7, 11) is 1.58. The van der Waals surface area contributed by atoms with Crippen LogP contribution in [0.3, 0.4) is 0 Å². The number of benzene rings is 3. The predicted octanol–water partition coefficient (Wildman–Crippen LogP) is 5.44. The highest BCUT2D eigenvalue weighted by molar-refractivity contribution is 7.07. The van der Waals surface area contributed by atoms with E-state index in [-0.39, 0.29) is 18.8 Å². The highest BCUT2D eigenvalue weighted by Gasteiger charge is 2.33. The number of carbonyl (C=O) groups is 1. The van der Waals surface area contributed by atoms with Crippen LogP contribution in [0.4, 0.5) is 0 Å². The Labute approximate surface area is 258 Å². The third-order valence-corrected chi connectivity index (χ3v) is 8.21. The molecule has 0 amide bonds. The summed E-state index contributed by atoms with van der Waals surface area (Å²) in [6, 6.07) is 19.6. The van der Waals surface area contributed by atoms with Crippen LogP contribution in [-0.4, -0.2) is 30.9 Å². The first-order chi connectivity index (χ1) is 20.8. The molecule has 0 aliphatic carbocycles. The van der Waals surface area contributed by atoms with Gasteiger partial charge in [0, 0.05) is 10.6 Å². The molecule has 4 aromatic rings. The van der Waals surface area contributed by atoms with Gasteiger partial charge in [0.25, 0.3) is 5.56 Å². The summed E-state index contributed by atoms with van der Waals surface area (Å²) in [6.07, 6.45) is 1.79. The van der Waals surface area contributed by atoms with Gasteiger partial charge in [-0.05, 0) is 68.3 Å². The van der Waals surface area contributed by atoms with Gasteiger partial charge in [-0.3, -0.25) is 9.36 Å². The maximum absolute atomic E-state index is 13.9. The Kier molecular flexibility index (Phi) is 9.33. The van der Waals surface area contributed by atoms with Crippen molar-refractivity contribution in [3.8, 4) is 17.2 Å². The van der Waals surface area contributed by atoms with Gasteiger partial charge in [0.2, 0.25) is 0 Å². The Morgan fingerprint density at radius 3 is 2.49 bits per heavy atom. The fourth-order valence-corrected chi connectivity index (χ4v) is 6.05. The number of carbonyl (C=O) groups excluding carboxylic acids is 1. The molecule has 10 heteroatoms. The van der Waals surface area contributed by atoms with Crippen molar-refractivity contribution in [3.63, 3.8) is 0 Å². The number of halogens is 1. The van der Waals surface area contributed by atoms with E-state index in [0.717, 1.165) is 16.7 Å². The van der Waals surface area contributed by atoms with Gasteiger partial charge in [0.1, 0.15) is 12.4 Å². The fraction of sp³-hybridized carbons (Fsp3) is 0.242. The van der Waals surface area contributed by atoms with Crippen LogP contribution < -0.4 is 29.1 Å². The van der Waals surface area contributed by atoms with Gasteiger partial charge in [0.05, 0.1) is 42.2 Å². The lowest BCUT2D eigenvalue weighted by Gasteiger charge is -2.24. The summed E-state index contributed by atoms with van der Waals surface area (Å²) in [6.45, 7) is 6.32. The molecule has 1 aliphatic rings. The zero-order valence-corrected chi connectivity index (χ0v) is 25.8.